The Kier molecular flexibility index (Phi) is 8.09. The summed E-state index contributed by atoms with van der Waals surface area (Å²) in [5, 5.41) is 5.49. The maximum atomic E-state index is 11.9. The maximum Gasteiger partial charge on any atom is 0.227 e. The van der Waals surface area contributed by atoms with Crippen molar-refractivity contribution in [3.05, 3.63) is 35.4 Å². The van der Waals surface area contributed by atoms with Crippen molar-refractivity contribution in [1.82, 2.24) is 10.6 Å². The van der Waals surface area contributed by atoms with Crippen LogP contribution in [0.15, 0.2) is 24.3 Å². The van der Waals surface area contributed by atoms with Crippen LogP contribution in [0, 0.1) is 10.8 Å². The molecule has 1 aromatic rings. The van der Waals surface area contributed by atoms with Crippen molar-refractivity contribution in [2.45, 2.75) is 67.5 Å². The van der Waals surface area contributed by atoms with Crippen molar-refractivity contribution >= 4 is 23.4 Å². The van der Waals surface area contributed by atoms with Crippen LogP contribution in [0.25, 0.3) is 0 Å². The first-order valence-electron chi connectivity index (χ1n) is 9.47. The maximum absolute atomic E-state index is 11.9. The third-order valence-electron chi connectivity index (χ3n) is 4.29. The van der Waals surface area contributed by atoms with Crippen LogP contribution >= 0.6 is 0 Å². The molecule has 154 valence electrons. The predicted octanol–water partition coefficient (Wildman–Crippen LogP) is 2.93. The van der Waals surface area contributed by atoms with Gasteiger partial charge in [-0.3, -0.25) is 19.2 Å². The van der Waals surface area contributed by atoms with Gasteiger partial charge in [-0.05, 0) is 11.1 Å². The summed E-state index contributed by atoms with van der Waals surface area (Å²) in [6, 6.07) is 7.43. The van der Waals surface area contributed by atoms with Crippen molar-refractivity contribution in [2.24, 2.45) is 10.8 Å². The lowest BCUT2D eigenvalue weighted by Gasteiger charge is -2.16. The molecule has 1 aromatic carbocycles. The van der Waals surface area contributed by atoms with Crippen LogP contribution in [-0.4, -0.2) is 23.4 Å². The molecule has 0 aromatic heterocycles. The Hall–Kier alpha value is -2.50. The summed E-state index contributed by atoms with van der Waals surface area (Å²) in [7, 11) is 0. The van der Waals surface area contributed by atoms with Gasteiger partial charge < -0.3 is 10.6 Å². The van der Waals surface area contributed by atoms with Gasteiger partial charge in [-0.15, -0.1) is 0 Å². The Balaban J connectivity index is 2.52. The number of carbonyl (C=O) groups is 4. The number of nitrogens with one attached hydrogen (secondary N) is 2. The fourth-order valence-corrected chi connectivity index (χ4v) is 2.20. The fourth-order valence-electron chi connectivity index (χ4n) is 2.20. The average molecular weight is 389 g/mol. The van der Waals surface area contributed by atoms with E-state index in [0.29, 0.717) is 13.1 Å². The molecule has 0 aliphatic rings. The molecule has 0 fully saturated rings. The Morgan fingerprint density at radius 1 is 0.714 bits per heavy atom. The van der Waals surface area contributed by atoms with Crippen LogP contribution in [0.5, 0.6) is 0 Å². The molecule has 0 saturated carbocycles. The van der Waals surface area contributed by atoms with Crippen LogP contribution in [0.3, 0.4) is 0 Å². The second-order valence-electron chi connectivity index (χ2n) is 9.07. The normalized spacial score (nSPS) is 11.6. The molecule has 0 aliphatic carbocycles. The van der Waals surface area contributed by atoms with Gasteiger partial charge in [0.1, 0.15) is 11.6 Å². The van der Waals surface area contributed by atoms with E-state index in [4.69, 9.17) is 0 Å². The van der Waals surface area contributed by atoms with E-state index in [0.717, 1.165) is 11.1 Å². The van der Waals surface area contributed by atoms with E-state index in [9.17, 15) is 19.2 Å². The van der Waals surface area contributed by atoms with Gasteiger partial charge >= 0.3 is 0 Å². The Morgan fingerprint density at radius 2 is 1.07 bits per heavy atom. The largest absolute Gasteiger partial charge is 0.352 e. The molecule has 0 atom stereocenters. The summed E-state index contributed by atoms with van der Waals surface area (Å²) in [5.41, 5.74) is 0.663. The highest BCUT2D eigenvalue weighted by Crippen LogP contribution is 2.17. The number of benzene rings is 1. The molecule has 0 spiro atoms. The Morgan fingerprint density at radius 3 is 1.39 bits per heavy atom. The lowest BCUT2D eigenvalue weighted by atomic mass is 9.89. The molecule has 1 rings (SSSR count). The lowest BCUT2D eigenvalue weighted by molar-refractivity contribution is -0.134. The highest BCUT2D eigenvalue weighted by Gasteiger charge is 2.24. The molecule has 28 heavy (non-hydrogen) atoms. The fraction of sp³-hybridized carbons (Fsp3) is 0.545. The molecular formula is C22H32N2O4. The molecule has 2 amide bonds. The average Bonchev–Trinajstić information content (AvgIpc) is 2.57. The topological polar surface area (TPSA) is 92.3 Å². The van der Waals surface area contributed by atoms with Gasteiger partial charge in [0.2, 0.25) is 11.8 Å². The number of hydrogen-bond acceptors (Lipinski definition) is 4. The molecule has 2 N–H and O–H groups in total. The van der Waals surface area contributed by atoms with Gasteiger partial charge in [0.25, 0.3) is 0 Å². The first-order valence-corrected chi connectivity index (χ1v) is 9.47. The van der Waals surface area contributed by atoms with Crippen molar-refractivity contribution in [2.75, 3.05) is 0 Å². The van der Waals surface area contributed by atoms with E-state index in [1.54, 1.807) is 41.5 Å². The van der Waals surface area contributed by atoms with Crippen LogP contribution in [-0.2, 0) is 32.3 Å². The van der Waals surface area contributed by atoms with Gasteiger partial charge in [-0.25, -0.2) is 0 Å². The monoisotopic (exact) mass is 388 g/mol. The number of rotatable bonds is 8. The quantitative estimate of drug-likeness (QED) is 0.670. The standard InChI is InChI=1S/C22H32N2O4/c1-21(2,3)17(25)11-19(27)23-13-15-8-7-9-16(10-15)14-24-20(28)12-18(26)22(4,5)6/h7-10H,11-14H2,1-6H3,(H,23,27)(H,24,28). The van der Waals surface area contributed by atoms with Crippen LogP contribution in [0.4, 0.5) is 0 Å². The lowest BCUT2D eigenvalue weighted by Crippen LogP contribution is -2.30. The second-order valence-corrected chi connectivity index (χ2v) is 9.07. The number of hydrogen-bond donors (Lipinski definition) is 2. The van der Waals surface area contributed by atoms with E-state index in [1.165, 1.54) is 0 Å². The Bertz CT molecular complexity index is 680. The van der Waals surface area contributed by atoms with Crippen molar-refractivity contribution in [1.29, 1.82) is 0 Å². The summed E-state index contributed by atoms with van der Waals surface area (Å²) in [6.45, 7) is 11.3. The van der Waals surface area contributed by atoms with Gasteiger partial charge in [-0.2, -0.15) is 0 Å². The van der Waals surface area contributed by atoms with E-state index in [2.05, 4.69) is 10.6 Å². The first kappa shape index (κ1) is 23.5. The molecule has 6 heteroatoms. The molecule has 0 radical (unpaired) electrons. The predicted molar refractivity (Wildman–Crippen MR) is 108 cm³/mol. The Labute approximate surface area is 167 Å². The summed E-state index contributed by atoms with van der Waals surface area (Å²) >= 11 is 0. The zero-order valence-corrected chi connectivity index (χ0v) is 17.8. The third-order valence-corrected chi connectivity index (χ3v) is 4.29. The number of amides is 2. The summed E-state index contributed by atoms with van der Waals surface area (Å²) in [4.78, 5) is 47.7. The van der Waals surface area contributed by atoms with Gasteiger partial charge in [0, 0.05) is 23.9 Å². The zero-order valence-electron chi connectivity index (χ0n) is 17.8. The van der Waals surface area contributed by atoms with E-state index in [1.807, 2.05) is 24.3 Å². The second kappa shape index (κ2) is 9.62. The summed E-state index contributed by atoms with van der Waals surface area (Å²) < 4.78 is 0. The molecule has 0 unspecified atom stereocenters. The van der Waals surface area contributed by atoms with Crippen LogP contribution < -0.4 is 10.6 Å². The molecule has 0 saturated heterocycles. The number of Topliss-reactive ketones (excluding diaryl/α,β-unsaturated/α-hetero) is 2. The van der Waals surface area contributed by atoms with E-state index >= 15 is 0 Å². The van der Waals surface area contributed by atoms with E-state index in [-0.39, 0.29) is 36.2 Å². The summed E-state index contributed by atoms with van der Waals surface area (Å²) in [6.07, 6.45) is -0.276. The molecule has 6 nitrogen and oxygen atoms in total. The van der Waals surface area contributed by atoms with Gasteiger partial charge in [0.15, 0.2) is 0 Å². The molecule has 0 heterocycles. The SMILES string of the molecule is CC(C)(C)C(=O)CC(=O)NCc1cccc(CNC(=O)CC(=O)C(C)(C)C)c1. The van der Waals surface area contributed by atoms with Gasteiger partial charge in [0.05, 0.1) is 12.8 Å². The third kappa shape index (κ3) is 8.46. The number of carbonyl (C=O) groups excluding carboxylic acids is 4. The van der Waals surface area contributed by atoms with Gasteiger partial charge in [-0.1, -0.05) is 65.8 Å². The minimum Gasteiger partial charge on any atom is -0.352 e. The molecule has 0 aliphatic heterocycles. The van der Waals surface area contributed by atoms with Crippen molar-refractivity contribution in [3.8, 4) is 0 Å². The van der Waals surface area contributed by atoms with Crippen molar-refractivity contribution in [3.63, 3.8) is 0 Å². The summed E-state index contributed by atoms with van der Waals surface area (Å²) in [5.74, 6) is -0.823. The van der Waals surface area contributed by atoms with Crippen molar-refractivity contribution < 1.29 is 19.2 Å². The molecular weight excluding hydrogens is 356 g/mol. The highest BCUT2D eigenvalue weighted by molar-refractivity contribution is 6.00. The van der Waals surface area contributed by atoms with E-state index < -0.39 is 10.8 Å². The number of ketones is 2. The van der Waals surface area contributed by atoms with Crippen LogP contribution in [0.2, 0.25) is 0 Å². The molecule has 0 bridgehead atoms. The highest BCUT2D eigenvalue weighted by atomic mass is 16.2. The minimum atomic E-state index is -0.538. The zero-order chi connectivity index (χ0) is 21.5. The van der Waals surface area contributed by atoms with Crippen LogP contribution in [0.1, 0.15) is 65.5 Å². The first-order chi connectivity index (χ1) is 12.8. The smallest absolute Gasteiger partial charge is 0.227 e. The minimum absolute atomic E-state index is 0.105.